The molecule has 122 valence electrons. The van der Waals surface area contributed by atoms with Gasteiger partial charge >= 0.3 is 6.09 Å². The Morgan fingerprint density at radius 1 is 1.04 bits per heavy atom. The van der Waals surface area contributed by atoms with E-state index in [1.807, 2.05) is 41.3 Å². The molecule has 0 radical (unpaired) electrons. The van der Waals surface area contributed by atoms with Crippen molar-refractivity contribution in [1.29, 1.82) is 0 Å². The molecule has 2 atom stereocenters. The third kappa shape index (κ3) is 2.04. The smallest absolute Gasteiger partial charge is 0.410 e. The van der Waals surface area contributed by atoms with E-state index >= 15 is 0 Å². The fourth-order valence-corrected chi connectivity index (χ4v) is 3.88. The van der Waals surface area contributed by atoms with Gasteiger partial charge in [0.25, 0.3) is 0 Å². The highest BCUT2D eigenvalue weighted by Crippen LogP contribution is 2.46. The Morgan fingerprint density at radius 2 is 1.83 bits per heavy atom. The van der Waals surface area contributed by atoms with Gasteiger partial charge < -0.3 is 19.1 Å². The molecule has 3 heterocycles. The number of cyclic esters (lactones) is 1. The minimum atomic E-state index is -0.233. The molecule has 0 bridgehead atoms. The molecule has 0 unspecified atom stereocenters. The van der Waals surface area contributed by atoms with Crippen molar-refractivity contribution in [2.24, 2.45) is 0 Å². The predicted molar refractivity (Wildman–Crippen MR) is 86.0 cm³/mol. The first-order valence-corrected chi connectivity index (χ1v) is 8.24. The van der Waals surface area contributed by atoms with Gasteiger partial charge in [-0.3, -0.25) is 0 Å². The summed E-state index contributed by atoms with van der Waals surface area (Å²) in [6.45, 7) is 0.943. The lowest BCUT2D eigenvalue weighted by molar-refractivity contribution is -0.00650. The summed E-state index contributed by atoms with van der Waals surface area (Å²) < 4.78 is 16.7. The Labute approximate surface area is 139 Å². The summed E-state index contributed by atoms with van der Waals surface area (Å²) in [5.74, 6) is 1.57. The van der Waals surface area contributed by atoms with Gasteiger partial charge in [0, 0.05) is 13.0 Å². The quantitative estimate of drug-likeness (QED) is 0.804. The molecule has 1 fully saturated rings. The Bertz CT molecular complexity index is 805. The maximum atomic E-state index is 12.5. The summed E-state index contributed by atoms with van der Waals surface area (Å²) in [7, 11) is 0. The molecule has 1 amide bonds. The average molecular weight is 323 g/mol. The Morgan fingerprint density at radius 3 is 2.67 bits per heavy atom. The summed E-state index contributed by atoms with van der Waals surface area (Å²) in [6, 6.07) is 14.1. The zero-order valence-corrected chi connectivity index (χ0v) is 13.1. The highest BCUT2D eigenvalue weighted by Gasteiger charge is 2.40. The van der Waals surface area contributed by atoms with Crippen molar-refractivity contribution >= 4 is 6.09 Å². The summed E-state index contributed by atoms with van der Waals surface area (Å²) in [5, 5.41) is 0. The van der Waals surface area contributed by atoms with Crippen molar-refractivity contribution in [3.8, 4) is 11.5 Å². The zero-order chi connectivity index (χ0) is 16.1. The van der Waals surface area contributed by atoms with Crippen LogP contribution in [0.1, 0.15) is 35.3 Å². The number of amides is 1. The fraction of sp³-hybridized carbons (Fsp3) is 0.316. The van der Waals surface area contributed by atoms with Crippen LogP contribution in [-0.4, -0.2) is 24.3 Å². The molecular weight excluding hydrogens is 306 g/mol. The predicted octanol–water partition coefficient (Wildman–Crippen LogP) is 3.60. The third-order valence-electron chi connectivity index (χ3n) is 5.08. The maximum Gasteiger partial charge on any atom is 0.410 e. The molecular formula is C19H17NO4. The molecule has 5 rings (SSSR count). The van der Waals surface area contributed by atoms with E-state index in [9.17, 15) is 4.79 Å². The van der Waals surface area contributed by atoms with Crippen molar-refractivity contribution in [2.75, 3.05) is 13.3 Å². The van der Waals surface area contributed by atoms with Gasteiger partial charge in [0.1, 0.15) is 6.10 Å². The molecule has 0 N–H and O–H groups in total. The highest BCUT2D eigenvalue weighted by molar-refractivity contribution is 5.71. The van der Waals surface area contributed by atoms with Gasteiger partial charge in [0.15, 0.2) is 11.5 Å². The van der Waals surface area contributed by atoms with Crippen LogP contribution in [-0.2, 0) is 11.2 Å². The fourth-order valence-electron chi connectivity index (χ4n) is 3.88. The second-order valence-electron chi connectivity index (χ2n) is 6.38. The van der Waals surface area contributed by atoms with Crippen molar-refractivity contribution in [3.05, 3.63) is 59.2 Å². The lowest BCUT2D eigenvalue weighted by atomic mass is 9.87. The van der Waals surface area contributed by atoms with Crippen LogP contribution in [0.25, 0.3) is 0 Å². The molecule has 2 aromatic rings. The lowest BCUT2D eigenvalue weighted by Crippen LogP contribution is -2.45. The number of rotatable bonds is 1. The molecule has 5 heteroatoms. The Kier molecular flexibility index (Phi) is 2.95. The number of carbonyl (C=O) groups is 1. The first-order valence-electron chi connectivity index (χ1n) is 8.24. The molecule has 0 aliphatic carbocycles. The molecule has 1 saturated heterocycles. The van der Waals surface area contributed by atoms with Gasteiger partial charge in [0.05, 0.1) is 6.04 Å². The first-order chi connectivity index (χ1) is 11.8. The van der Waals surface area contributed by atoms with E-state index in [4.69, 9.17) is 14.2 Å². The average Bonchev–Trinajstić information content (AvgIpc) is 3.08. The molecule has 0 aromatic heterocycles. The minimum Gasteiger partial charge on any atom is -0.454 e. The zero-order valence-electron chi connectivity index (χ0n) is 13.1. The highest BCUT2D eigenvalue weighted by atomic mass is 16.7. The van der Waals surface area contributed by atoms with E-state index in [1.165, 1.54) is 5.56 Å². The van der Waals surface area contributed by atoms with E-state index in [0.717, 1.165) is 35.5 Å². The summed E-state index contributed by atoms with van der Waals surface area (Å²) in [4.78, 5) is 14.3. The second-order valence-corrected chi connectivity index (χ2v) is 6.38. The van der Waals surface area contributed by atoms with E-state index in [2.05, 4.69) is 6.07 Å². The molecule has 3 aliphatic rings. The SMILES string of the molecule is O=C1O[C@H](c2ccccc2)C[C@@H]2c3cc4c(cc3CCN12)OCO4. The van der Waals surface area contributed by atoms with Crippen LogP contribution in [0.4, 0.5) is 4.79 Å². The van der Waals surface area contributed by atoms with Crippen molar-refractivity contribution in [3.63, 3.8) is 0 Å². The monoisotopic (exact) mass is 323 g/mol. The van der Waals surface area contributed by atoms with Crippen LogP contribution in [0.2, 0.25) is 0 Å². The molecule has 2 aromatic carbocycles. The van der Waals surface area contributed by atoms with Crippen LogP contribution in [0.15, 0.2) is 42.5 Å². The van der Waals surface area contributed by atoms with Crippen LogP contribution < -0.4 is 9.47 Å². The number of carbonyl (C=O) groups excluding carboxylic acids is 1. The van der Waals surface area contributed by atoms with E-state index in [0.29, 0.717) is 6.54 Å². The van der Waals surface area contributed by atoms with Gasteiger partial charge in [-0.1, -0.05) is 30.3 Å². The number of hydrogen-bond acceptors (Lipinski definition) is 4. The number of benzene rings is 2. The minimum absolute atomic E-state index is 0.0229. The van der Waals surface area contributed by atoms with Gasteiger partial charge in [-0.2, -0.15) is 0 Å². The van der Waals surface area contributed by atoms with E-state index in [1.54, 1.807) is 0 Å². The number of fused-ring (bicyclic) bond motifs is 4. The standard InChI is InChI=1S/C19H17NO4/c21-19-20-7-6-13-8-17-18(23-11-22-17)9-14(13)15(20)10-16(24-19)12-4-2-1-3-5-12/h1-5,8-9,15-16H,6-7,10-11H2/t15-,16+/m1/s1. The normalized spacial score (nSPS) is 24.2. The third-order valence-corrected chi connectivity index (χ3v) is 5.08. The van der Waals surface area contributed by atoms with Gasteiger partial charge in [-0.15, -0.1) is 0 Å². The number of hydrogen-bond donors (Lipinski definition) is 0. The summed E-state index contributed by atoms with van der Waals surface area (Å²) in [5.41, 5.74) is 3.43. The molecule has 5 nitrogen and oxygen atoms in total. The summed E-state index contributed by atoms with van der Waals surface area (Å²) in [6.07, 6.45) is 1.12. The Balaban J connectivity index is 1.54. The van der Waals surface area contributed by atoms with Crippen molar-refractivity contribution < 1.29 is 19.0 Å². The summed E-state index contributed by atoms with van der Waals surface area (Å²) >= 11 is 0. The Hall–Kier alpha value is -2.69. The van der Waals surface area contributed by atoms with Gasteiger partial charge in [-0.05, 0) is 35.2 Å². The molecule has 24 heavy (non-hydrogen) atoms. The molecule has 0 saturated carbocycles. The number of nitrogens with zero attached hydrogens (tertiary/aromatic N) is 1. The molecule has 0 spiro atoms. The van der Waals surface area contributed by atoms with E-state index in [-0.39, 0.29) is 25.0 Å². The maximum absolute atomic E-state index is 12.5. The van der Waals surface area contributed by atoms with Gasteiger partial charge in [-0.25, -0.2) is 4.79 Å². The second kappa shape index (κ2) is 5.16. The van der Waals surface area contributed by atoms with E-state index < -0.39 is 0 Å². The first kappa shape index (κ1) is 13.7. The number of ether oxygens (including phenoxy) is 3. The van der Waals surface area contributed by atoms with Crippen LogP contribution in [0.3, 0.4) is 0 Å². The van der Waals surface area contributed by atoms with Crippen LogP contribution >= 0.6 is 0 Å². The van der Waals surface area contributed by atoms with Crippen LogP contribution in [0.5, 0.6) is 11.5 Å². The van der Waals surface area contributed by atoms with Crippen LogP contribution in [0, 0.1) is 0 Å². The van der Waals surface area contributed by atoms with Gasteiger partial charge in [0.2, 0.25) is 6.79 Å². The topological polar surface area (TPSA) is 48.0 Å². The molecule has 3 aliphatic heterocycles. The van der Waals surface area contributed by atoms with Crippen molar-refractivity contribution in [1.82, 2.24) is 4.90 Å². The lowest BCUT2D eigenvalue weighted by Gasteiger charge is -2.42. The van der Waals surface area contributed by atoms with Crippen molar-refractivity contribution in [2.45, 2.75) is 25.0 Å². The largest absolute Gasteiger partial charge is 0.454 e.